The second kappa shape index (κ2) is 6.68. The summed E-state index contributed by atoms with van der Waals surface area (Å²) in [6, 6.07) is 5.87. The van der Waals surface area contributed by atoms with Crippen LogP contribution in [0.5, 0.6) is 0 Å². The molecular formula is C17H16FN5O2. The first-order valence-electron chi connectivity index (χ1n) is 7.58. The molecule has 0 unspecified atom stereocenters. The number of hydrogen-bond acceptors (Lipinski definition) is 6. The Labute approximate surface area is 143 Å². The molecule has 0 amide bonds. The van der Waals surface area contributed by atoms with Crippen molar-refractivity contribution in [3.05, 3.63) is 48.0 Å². The molecule has 0 radical (unpaired) electrons. The number of rotatable bonds is 4. The van der Waals surface area contributed by atoms with Crippen LogP contribution < -0.4 is 5.73 Å². The van der Waals surface area contributed by atoms with Gasteiger partial charge in [-0.1, -0.05) is 6.07 Å². The number of esters is 1. The molecule has 0 aliphatic heterocycles. The molecule has 7 nitrogen and oxygen atoms in total. The summed E-state index contributed by atoms with van der Waals surface area (Å²) in [6.07, 6.45) is 3.36. The van der Waals surface area contributed by atoms with Crippen LogP contribution >= 0.6 is 0 Å². The van der Waals surface area contributed by atoms with Gasteiger partial charge in [0.15, 0.2) is 5.82 Å². The highest BCUT2D eigenvalue weighted by molar-refractivity contribution is 5.90. The Morgan fingerprint density at radius 1 is 1.32 bits per heavy atom. The van der Waals surface area contributed by atoms with Crippen molar-refractivity contribution in [1.82, 2.24) is 19.7 Å². The van der Waals surface area contributed by atoms with E-state index in [-0.39, 0.29) is 11.4 Å². The van der Waals surface area contributed by atoms with Gasteiger partial charge in [0, 0.05) is 18.3 Å². The van der Waals surface area contributed by atoms with Gasteiger partial charge in [-0.3, -0.25) is 9.67 Å². The molecular weight excluding hydrogens is 325 g/mol. The maximum absolute atomic E-state index is 14.1. The molecule has 2 aromatic heterocycles. The quantitative estimate of drug-likeness (QED) is 0.733. The highest BCUT2D eigenvalue weighted by Crippen LogP contribution is 2.26. The summed E-state index contributed by atoms with van der Waals surface area (Å²) >= 11 is 0. The smallest absolute Gasteiger partial charge is 0.340 e. The van der Waals surface area contributed by atoms with Crippen molar-refractivity contribution in [2.45, 2.75) is 13.5 Å². The predicted molar refractivity (Wildman–Crippen MR) is 90.1 cm³/mol. The Hall–Kier alpha value is -3.29. The van der Waals surface area contributed by atoms with Crippen molar-refractivity contribution in [1.29, 1.82) is 0 Å². The van der Waals surface area contributed by atoms with Crippen LogP contribution in [-0.2, 0) is 11.3 Å². The molecule has 3 rings (SSSR count). The van der Waals surface area contributed by atoms with Crippen LogP contribution in [0.15, 0.2) is 36.7 Å². The fourth-order valence-corrected chi connectivity index (χ4v) is 2.36. The van der Waals surface area contributed by atoms with E-state index in [4.69, 9.17) is 5.73 Å². The summed E-state index contributed by atoms with van der Waals surface area (Å²) in [6.45, 7) is 2.72. The molecule has 25 heavy (non-hydrogen) atoms. The average Bonchev–Trinajstić information content (AvgIpc) is 3.10. The van der Waals surface area contributed by atoms with E-state index in [1.54, 1.807) is 10.7 Å². The summed E-state index contributed by atoms with van der Waals surface area (Å²) in [4.78, 5) is 20.0. The van der Waals surface area contributed by atoms with Gasteiger partial charge in [-0.15, -0.1) is 0 Å². The number of anilines is 1. The number of methoxy groups -OCH3 is 1. The maximum atomic E-state index is 14.1. The van der Waals surface area contributed by atoms with Crippen LogP contribution in [0, 0.1) is 5.82 Å². The molecule has 0 bridgehead atoms. The fourth-order valence-electron chi connectivity index (χ4n) is 2.36. The standard InChI is InChI=1S/C17H16FN5O2/c1-3-23-7-6-13(22-23)14-9-20-15(16(19)21-14)10-4-5-11(12(18)8-10)17(24)25-2/h4-9H,3H2,1-2H3,(H2,19,21). The number of carbonyl (C=O) groups excluding carboxylic acids is 1. The highest BCUT2D eigenvalue weighted by Gasteiger charge is 2.16. The number of hydrogen-bond donors (Lipinski definition) is 1. The Bertz CT molecular complexity index is 939. The first-order valence-corrected chi connectivity index (χ1v) is 7.58. The summed E-state index contributed by atoms with van der Waals surface area (Å²) in [7, 11) is 1.19. The third-order valence-corrected chi connectivity index (χ3v) is 3.67. The molecule has 0 saturated carbocycles. The number of carbonyl (C=O) groups is 1. The van der Waals surface area contributed by atoms with Crippen molar-refractivity contribution < 1.29 is 13.9 Å². The van der Waals surface area contributed by atoms with Gasteiger partial charge in [0.1, 0.15) is 22.9 Å². The topological polar surface area (TPSA) is 95.9 Å². The van der Waals surface area contributed by atoms with Crippen LogP contribution in [0.4, 0.5) is 10.2 Å². The zero-order valence-electron chi connectivity index (χ0n) is 13.7. The maximum Gasteiger partial charge on any atom is 0.340 e. The van der Waals surface area contributed by atoms with E-state index in [1.807, 2.05) is 19.2 Å². The van der Waals surface area contributed by atoms with Crippen molar-refractivity contribution in [3.63, 3.8) is 0 Å². The number of benzene rings is 1. The van der Waals surface area contributed by atoms with Crippen LogP contribution in [0.1, 0.15) is 17.3 Å². The monoisotopic (exact) mass is 341 g/mol. The summed E-state index contributed by atoms with van der Waals surface area (Å²) < 4.78 is 20.4. The average molecular weight is 341 g/mol. The lowest BCUT2D eigenvalue weighted by atomic mass is 10.1. The summed E-state index contributed by atoms with van der Waals surface area (Å²) in [5, 5.41) is 4.34. The first-order chi connectivity index (χ1) is 12.0. The zero-order valence-corrected chi connectivity index (χ0v) is 13.7. The lowest BCUT2D eigenvalue weighted by molar-refractivity contribution is 0.0595. The van der Waals surface area contributed by atoms with Crippen LogP contribution in [0.2, 0.25) is 0 Å². The number of aromatic nitrogens is 4. The molecule has 0 atom stereocenters. The van der Waals surface area contributed by atoms with Gasteiger partial charge >= 0.3 is 5.97 Å². The molecule has 0 fully saturated rings. The number of nitrogen functional groups attached to an aromatic ring is 1. The predicted octanol–water partition coefficient (Wildman–Crippen LogP) is 2.53. The Morgan fingerprint density at radius 3 is 2.72 bits per heavy atom. The van der Waals surface area contributed by atoms with Crippen LogP contribution in [0.3, 0.4) is 0 Å². The fraction of sp³-hybridized carbons (Fsp3) is 0.176. The lowest BCUT2D eigenvalue weighted by Crippen LogP contribution is -2.05. The minimum Gasteiger partial charge on any atom is -0.465 e. The van der Waals surface area contributed by atoms with Gasteiger partial charge in [0.05, 0.1) is 18.9 Å². The Balaban J connectivity index is 1.96. The molecule has 8 heteroatoms. The Morgan fingerprint density at radius 2 is 2.12 bits per heavy atom. The van der Waals surface area contributed by atoms with E-state index in [0.29, 0.717) is 22.6 Å². The van der Waals surface area contributed by atoms with E-state index in [2.05, 4.69) is 19.8 Å². The largest absolute Gasteiger partial charge is 0.465 e. The third-order valence-electron chi connectivity index (χ3n) is 3.67. The number of nitrogens with zero attached hydrogens (tertiary/aromatic N) is 4. The molecule has 3 aromatic rings. The van der Waals surface area contributed by atoms with Gasteiger partial charge < -0.3 is 10.5 Å². The van der Waals surface area contributed by atoms with Crippen molar-refractivity contribution in [2.75, 3.05) is 12.8 Å². The van der Waals surface area contributed by atoms with Crippen LogP contribution in [-0.4, -0.2) is 32.8 Å². The van der Waals surface area contributed by atoms with Gasteiger partial charge in [0.2, 0.25) is 0 Å². The Kier molecular flexibility index (Phi) is 4.42. The molecule has 0 spiro atoms. The lowest BCUT2D eigenvalue weighted by Gasteiger charge is -2.07. The minimum absolute atomic E-state index is 0.147. The number of halogens is 1. The normalized spacial score (nSPS) is 10.7. The molecule has 2 heterocycles. The number of ether oxygens (including phenoxy) is 1. The zero-order chi connectivity index (χ0) is 18.0. The molecule has 0 saturated heterocycles. The van der Waals surface area contributed by atoms with Gasteiger partial charge in [0.25, 0.3) is 0 Å². The molecule has 0 aliphatic rings. The third kappa shape index (κ3) is 3.18. The van der Waals surface area contributed by atoms with Gasteiger partial charge in [-0.05, 0) is 25.1 Å². The number of aryl methyl sites for hydroxylation is 1. The number of nitrogens with two attached hydrogens (primary N) is 1. The van der Waals surface area contributed by atoms with E-state index in [0.717, 1.165) is 6.54 Å². The second-order valence-corrected chi connectivity index (χ2v) is 5.23. The molecule has 128 valence electrons. The van der Waals surface area contributed by atoms with E-state index in [1.165, 1.54) is 25.4 Å². The molecule has 0 aliphatic carbocycles. The van der Waals surface area contributed by atoms with E-state index < -0.39 is 11.8 Å². The molecule has 2 N–H and O–H groups in total. The van der Waals surface area contributed by atoms with Crippen molar-refractivity contribution in [3.8, 4) is 22.6 Å². The van der Waals surface area contributed by atoms with Crippen LogP contribution in [0.25, 0.3) is 22.6 Å². The SMILES string of the molecule is CCn1ccc(-c2cnc(-c3ccc(C(=O)OC)c(F)c3)c(N)n2)n1. The van der Waals surface area contributed by atoms with Gasteiger partial charge in [-0.25, -0.2) is 14.2 Å². The van der Waals surface area contributed by atoms with E-state index in [9.17, 15) is 9.18 Å². The van der Waals surface area contributed by atoms with Crippen molar-refractivity contribution >= 4 is 11.8 Å². The molecule has 1 aromatic carbocycles. The second-order valence-electron chi connectivity index (χ2n) is 5.23. The minimum atomic E-state index is -0.745. The summed E-state index contributed by atoms with van der Waals surface area (Å²) in [5.41, 5.74) is 7.75. The highest BCUT2D eigenvalue weighted by atomic mass is 19.1. The van der Waals surface area contributed by atoms with Crippen molar-refractivity contribution in [2.24, 2.45) is 0 Å². The summed E-state index contributed by atoms with van der Waals surface area (Å²) in [5.74, 6) is -1.31. The van der Waals surface area contributed by atoms with E-state index >= 15 is 0 Å². The van der Waals surface area contributed by atoms with Gasteiger partial charge in [-0.2, -0.15) is 5.10 Å². The first kappa shape index (κ1) is 16.6.